The highest BCUT2D eigenvalue weighted by Gasteiger charge is 2.11. The molecule has 114 valence electrons. The molecule has 0 spiro atoms. The predicted octanol–water partition coefficient (Wildman–Crippen LogP) is 3.71. The van der Waals surface area contributed by atoms with Crippen molar-refractivity contribution in [3.8, 4) is 0 Å². The molecule has 2 aromatic rings. The van der Waals surface area contributed by atoms with E-state index in [1.165, 1.54) is 0 Å². The molecule has 2 N–H and O–H groups in total. The van der Waals surface area contributed by atoms with Gasteiger partial charge in [-0.25, -0.2) is 5.43 Å². The van der Waals surface area contributed by atoms with Gasteiger partial charge in [0.25, 0.3) is 5.91 Å². The summed E-state index contributed by atoms with van der Waals surface area (Å²) in [5.74, 6) is -0.187. The number of anilines is 1. The summed E-state index contributed by atoms with van der Waals surface area (Å²) < 4.78 is 0.970. The van der Waals surface area contributed by atoms with Crippen LogP contribution in [0.15, 0.2) is 58.1 Å². The van der Waals surface area contributed by atoms with Gasteiger partial charge in [-0.1, -0.05) is 40.2 Å². The molecular weight excluding hydrogens is 342 g/mol. The fraction of sp³-hybridized carbons (Fsp3) is 0.176. The number of hydrogen-bond acceptors (Lipinski definition) is 3. The van der Waals surface area contributed by atoms with E-state index in [0.717, 1.165) is 21.3 Å². The number of nitrogens with zero attached hydrogens (tertiary/aromatic N) is 1. The van der Waals surface area contributed by atoms with Gasteiger partial charge in [-0.2, -0.15) is 5.10 Å². The summed E-state index contributed by atoms with van der Waals surface area (Å²) in [5.41, 5.74) is 5.51. The summed E-state index contributed by atoms with van der Waals surface area (Å²) in [6.07, 6.45) is 1.61. The standard InChI is InChI=1S/C17H18BrN3O/c1-12-5-3-8-16(9-12)20-13(2)17(22)21-19-11-14-6-4-7-15(18)10-14/h3-11,13,20H,1-2H3,(H,21,22). The van der Waals surface area contributed by atoms with Gasteiger partial charge in [0.15, 0.2) is 0 Å². The summed E-state index contributed by atoms with van der Waals surface area (Å²) >= 11 is 3.39. The van der Waals surface area contributed by atoms with Gasteiger partial charge in [0.2, 0.25) is 0 Å². The first kappa shape index (κ1) is 16.2. The fourth-order valence-corrected chi connectivity index (χ4v) is 2.32. The molecule has 1 atom stereocenters. The zero-order valence-electron chi connectivity index (χ0n) is 12.5. The monoisotopic (exact) mass is 359 g/mol. The van der Waals surface area contributed by atoms with E-state index in [1.807, 2.05) is 55.5 Å². The molecule has 0 radical (unpaired) electrons. The predicted molar refractivity (Wildman–Crippen MR) is 94.1 cm³/mol. The lowest BCUT2D eigenvalue weighted by Gasteiger charge is -2.13. The lowest BCUT2D eigenvalue weighted by atomic mass is 10.2. The molecule has 5 heteroatoms. The minimum absolute atomic E-state index is 0.187. The van der Waals surface area contributed by atoms with Crippen LogP contribution in [0.3, 0.4) is 0 Å². The van der Waals surface area contributed by atoms with E-state index in [2.05, 4.69) is 31.8 Å². The Kier molecular flexibility index (Phi) is 5.72. The number of carbonyl (C=O) groups excluding carboxylic acids is 1. The summed E-state index contributed by atoms with van der Waals surface area (Å²) in [6, 6.07) is 15.2. The quantitative estimate of drug-likeness (QED) is 0.631. The van der Waals surface area contributed by atoms with Crippen LogP contribution in [0.5, 0.6) is 0 Å². The third-order valence-corrected chi connectivity index (χ3v) is 3.52. The van der Waals surface area contributed by atoms with E-state index in [0.29, 0.717) is 0 Å². The van der Waals surface area contributed by atoms with E-state index < -0.39 is 0 Å². The molecule has 0 saturated carbocycles. The lowest BCUT2D eigenvalue weighted by Crippen LogP contribution is -2.34. The van der Waals surface area contributed by atoms with E-state index in [9.17, 15) is 4.79 Å². The van der Waals surface area contributed by atoms with Crippen LogP contribution in [0.4, 0.5) is 5.69 Å². The van der Waals surface area contributed by atoms with Crippen LogP contribution in [-0.2, 0) is 4.79 Å². The lowest BCUT2D eigenvalue weighted by molar-refractivity contribution is -0.121. The van der Waals surface area contributed by atoms with Crippen molar-refractivity contribution >= 4 is 33.7 Å². The maximum absolute atomic E-state index is 12.0. The topological polar surface area (TPSA) is 53.5 Å². The third-order valence-electron chi connectivity index (χ3n) is 3.03. The van der Waals surface area contributed by atoms with E-state index in [-0.39, 0.29) is 11.9 Å². The number of hydrogen-bond donors (Lipinski definition) is 2. The molecule has 0 saturated heterocycles. The van der Waals surface area contributed by atoms with Crippen molar-refractivity contribution < 1.29 is 4.79 Å². The van der Waals surface area contributed by atoms with Gasteiger partial charge in [0, 0.05) is 10.2 Å². The number of amides is 1. The Morgan fingerprint density at radius 3 is 2.73 bits per heavy atom. The van der Waals surface area contributed by atoms with Gasteiger partial charge in [0.1, 0.15) is 6.04 Å². The van der Waals surface area contributed by atoms with Crippen molar-refractivity contribution in [1.29, 1.82) is 0 Å². The first-order chi connectivity index (χ1) is 10.5. The molecule has 0 heterocycles. The second kappa shape index (κ2) is 7.75. The van der Waals surface area contributed by atoms with Crippen molar-refractivity contribution in [1.82, 2.24) is 5.43 Å². The maximum Gasteiger partial charge on any atom is 0.262 e. The zero-order valence-corrected chi connectivity index (χ0v) is 14.1. The molecule has 0 aliphatic heterocycles. The molecule has 2 rings (SSSR count). The fourth-order valence-electron chi connectivity index (χ4n) is 1.90. The summed E-state index contributed by atoms with van der Waals surface area (Å²) in [4.78, 5) is 12.0. The molecule has 0 aliphatic carbocycles. The number of hydrazone groups is 1. The largest absolute Gasteiger partial charge is 0.374 e. The highest BCUT2D eigenvalue weighted by molar-refractivity contribution is 9.10. The second-order valence-corrected chi connectivity index (χ2v) is 5.94. The van der Waals surface area contributed by atoms with Gasteiger partial charge in [0.05, 0.1) is 6.21 Å². The van der Waals surface area contributed by atoms with E-state index in [4.69, 9.17) is 0 Å². The Morgan fingerprint density at radius 1 is 1.23 bits per heavy atom. The number of halogens is 1. The van der Waals surface area contributed by atoms with Crippen LogP contribution in [-0.4, -0.2) is 18.2 Å². The Bertz CT molecular complexity index is 685. The normalized spacial score (nSPS) is 12.1. The Labute approximate surface area is 138 Å². The van der Waals surface area contributed by atoms with Gasteiger partial charge in [-0.15, -0.1) is 0 Å². The van der Waals surface area contributed by atoms with Gasteiger partial charge in [-0.05, 0) is 49.2 Å². The van der Waals surface area contributed by atoms with Crippen LogP contribution in [0.2, 0.25) is 0 Å². The molecule has 1 unspecified atom stereocenters. The van der Waals surface area contributed by atoms with Gasteiger partial charge in [-0.3, -0.25) is 4.79 Å². The number of carbonyl (C=O) groups is 1. The maximum atomic E-state index is 12.0. The summed E-state index contributed by atoms with van der Waals surface area (Å²) in [7, 11) is 0. The summed E-state index contributed by atoms with van der Waals surface area (Å²) in [6.45, 7) is 3.81. The molecule has 4 nitrogen and oxygen atoms in total. The second-order valence-electron chi connectivity index (χ2n) is 5.02. The minimum atomic E-state index is -0.374. The SMILES string of the molecule is Cc1cccc(NC(C)C(=O)NN=Cc2cccc(Br)c2)c1. The molecule has 0 aromatic heterocycles. The highest BCUT2D eigenvalue weighted by atomic mass is 79.9. The van der Waals surface area contributed by atoms with E-state index >= 15 is 0 Å². The van der Waals surface area contributed by atoms with Gasteiger partial charge >= 0.3 is 0 Å². The Morgan fingerprint density at radius 2 is 2.00 bits per heavy atom. The molecule has 0 fully saturated rings. The molecule has 1 amide bonds. The van der Waals surface area contributed by atoms with Crippen LogP contribution in [0.1, 0.15) is 18.1 Å². The van der Waals surface area contributed by atoms with E-state index in [1.54, 1.807) is 13.1 Å². The van der Waals surface area contributed by atoms with Crippen molar-refractivity contribution in [3.05, 3.63) is 64.1 Å². The zero-order chi connectivity index (χ0) is 15.9. The van der Waals surface area contributed by atoms with Crippen LogP contribution >= 0.6 is 15.9 Å². The first-order valence-electron chi connectivity index (χ1n) is 6.96. The van der Waals surface area contributed by atoms with Crippen LogP contribution < -0.4 is 10.7 Å². The average Bonchev–Trinajstić information content (AvgIpc) is 2.47. The summed E-state index contributed by atoms with van der Waals surface area (Å²) in [5, 5.41) is 7.12. The van der Waals surface area contributed by atoms with Crippen LogP contribution in [0, 0.1) is 6.92 Å². The van der Waals surface area contributed by atoms with Crippen molar-refractivity contribution in [2.75, 3.05) is 5.32 Å². The van der Waals surface area contributed by atoms with Crippen LogP contribution in [0.25, 0.3) is 0 Å². The van der Waals surface area contributed by atoms with Crippen molar-refractivity contribution in [3.63, 3.8) is 0 Å². The van der Waals surface area contributed by atoms with Crippen molar-refractivity contribution in [2.45, 2.75) is 19.9 Å². The Balaban J connectivity index is 1.89. The molecule has 0 bridgehead atoms. The van der Waals surface area contributed by atoms with Gasteiger partial charge < -0.3 is 5.32 Å². The number of nitrogens with one attached hydrogen (secondary N) is 2. The molecule has 22 heavy (non-hydrogen) atoms. The highest BCUT2D eigenvalue weighted by Crippen LogP contribution is 2.11. The first-order valence-corrected chi connectivity index (χ1v) is 7.75. The number of rotatable bonds is 5. The smallest absolute Gasteiger partial charge is 0.262 e. The minimum Gasteiger partial charge on any atom is -0.374 e. The third kappa shape index (κ3) is 5.00. The molecule has 0 aliphatic rings. The number of benzene rings is 2. The molecule has 2 aromatic carbocycles. The van der Waals surface area contributed by atoms with Crippen molar-refractivity contribution in [2.24, 2.45) is 5.10 Å². The Hall–Kier alpha value is -2.14. The number of aryl methyl sites for hydroxylation is 1. The molecular formula is C17H18BrN3O. The average molecular weight is 360 g/mol.